The van der Waals surface area contributed by atoms with E-state index in [1.807, 2.05) is 12.1 Å². The Morgan fingerprint density at radius 3 is 2.68 bits per heavy atom. The fourth-order valence-corrected chi connectivity index (χ4v) is 1.85. The standard InChI is InChI=1S/C15H16ClNO2/c1-10-3-4-12(9-11(10)2)13-5-6-14(19-13)15(18)17-8-7-16/h3-6,9H,7-8H2,1-2H3,(H,17,18). The topological polar surface area (TPSA) is 42.2 Å². The van der Waals surface area contributed by atoms with Crippen LogP contribution in [0.3, 0.4) is 0 Å². The highest BCUT2D eigenvalue weighted by molar-refractivity contribution is 6.18. The van der Waals surface area contributed by atoms with Crippen LogP contribution < -0.4 is 5.32 Å². The van der Waals surface area contributed by atoms with Crippen molar-refractivity contribution in [1.29, 1.82) is 0 Å². The predicted octanol–water partition coefficient (Wildman–Crippen LogP) is 3.53. The van der Waals surface area contributed by atoms with Crippen molar-refractivity contribution in [2.24, 2.45) is 0 Å². The van der Waals surface area contributed by atoms with Crippen LogP contribution in [0.25, 0.3) is 11.3 Å². The number of hydrogen-bond donors (Lipinski definition) is 1. The Kier molecular flexibility index (Phi) is 4.27. The molecule has 1 aromatic carbocycles. The van der Waals surface area contributed by atoms with E-state index in [1.54, 1.807) is 12.1 Å². The molecule has 1 amide bonds. The fraction of sp³-hybridized carbons (Fsp3) is 0.267. The van der Waals surface area contributed by atoms with Gasteiger partial charge in [0.05, 0.1) is 0 Å². The van der Waals surface area contributed by atoms with Gasteiger partial charge in [-0.3, -0.25) is 4.79 Å². The number of benzene rings is 1. The smallest absolute Gasteiger partial charge is 0.287 e. The van der Waals surface area contributed by atoms with E-state index in [9.17, 15) is 4.79 Å². The summed E-state index contributed by atoms with van der Waals surface area (Å²) in [5.74, 6) is 1.14. The van der Waals surface area contributed by atoms with E-state index in [2.05, 4.69) is 25.2 Å². The molecule has 0 fully saturated rings. The van der Waals surface area contributed by atoms with Crippen LogP contribution in [0.15, 0.2) is 34.7 Å². The van der Waals surface area contributed by atoms with Gasteiger partial charge in [-0.25, -0.2) is 0 Å². The van der Waals surface area contributed by atoms with Gasteiger partial charge in [0.1, 0.15) is 5.76 Å². The monoisotopic (exact) mass is 277 g/mol. The molecule has 4 heteroatoms. The summed E-state index contributed by atoms with van der Waals surface area (Å²) in [7, 11) is 0. The summed E-state index contributed by atoms with van der Waals surface area (Å²) in [6, 6.07) is 9.56. The molecule has 0 bridgehead atoms. The van der Waals surface area contributed by atoms with Gasteiger partial charge in [0.25, 0.3) is 5.91 Å². The minimum Gasteiger partial charge on any atom is -0.451 e. The highest BCUT2D eigenvalue weighted by atomic mass is 35.5. The average molecular weight is 278 g/mol. The van der Waals surface area contributed by atoms with E-state index < -0.39 is 0 Å². The quantitative estimate of drug-likeness (QED) is 0.869. The molecule has 0 aliphatic carbocycles. The number of rotatable bonds is 4. The number of hydrogen-bond acceptors (Lipinski definition) is 2. The lowest BCUT2D eigenvalue weighted by molar-refractivity contribution is 0.0929. The Labute approximate surface area is 117 Å². The normalized spacial score (nSPS) is 10.5. The van der Waals surface area contributed by atoms with E-state index in [4.69, 9.17) is 16.0 Å². The van der Waals surface area contributed by atoms with Crippen molar-refractivity contribution in [2.75, 3.05) is 12.4 Å². The summed E-state index contributed by atoms with van der Waals surface area (Å²) >= 11 is 5.52. The Bertz CT molecular complexity index is 590. The second-order valence-corrected chi connectivity index (χ2v) is 4.79. The first-order chi connectivity index (χ1) is 9.11. The first-order valence-electron chi connectivity index (χ1n) is 6.13. The van der Waals surface area contributed by atoms with Crippen LogP contribution in [0.4, 0.5) is 0 Å². The van der Waals surface area contributed by atoms with Crippen LogP contribution in [0.2, 0.25) is 0 Å². The zero-order valence-corrected chi connectivity index (χ0v) is 11.8. The van der Waals surface area contributed by atoms with Crippen LogP contribution in [0.1, 0.15) is 21.7 Å². The zero-order valence-electron chi connectivity index (χ0n) is 11.0. The maximum Gasteiger partial charge on any atom is 0.287 e. The molecular weight excluding hydrogens is 262 g/mol. The minimum absolute atomic E-state index is 0.240. The molecule has 0 atom stereocenters. The van der Waals surface area contributed by atoms with Gasteiger partial charge < -0.3 is 9.73 Å². The van der Waals surface area contributed by atoms with Crippen molar-refractivity contribution in [3.05, 3.63) is 47.2 Å². The molecule has 19 heavy (non-hydrogen) atoms. The molecule has 3 nitrogen and oxygen atoms in total. The third kappa shape index (κ3) is 3.18. The lowest BCUT2D eigenvalue weighted by Crippen LogP contribution is -2.24. The summed E-state index contributed by atoms with van der Waals surface area (Å²) in [5.41, 5.74) is 3.40. The summed E-state index contributed by atoms with van der Waals surface area (Å²) in [5, 5.41) is 2.67. The fourth-order valence-electron chi connectivity index (χ4n) is 1.76. The third-order valence-corrected chi connectivity index (χ3v) is 3.19. The maximum atomic E-state index is 11.7. The molecule has 0 saturated heterocycles. The highest BCUT2D eigenvalue weighted by Gasteiger charge is 2.11. The molecule has 0 spiro atoms. The Morgan fingerprint density at radius 1 is 1.21 bits per heavy atom. The molecule has 0 aliphatic heterocycles. The molecule has 2 rings (SSSR count). The molecule has 1 heterocycles. The van der Waals surface area contributed by atoms with Crippen LogP contribution in [-0.4, -0.2) is 18.3 Å². The van der Waals surface area contributed by atoms with Crippen molar-refractivity contribution in [1.82, 2.24) is 5.32 Å². The third-order valence-electron chi connectivity index (χ3n) is 3.00. The summed E-state index contributed by atoms with van der Waals surface area (Å²) in [6.45, 7) is 4.54. The van der Waals surface area contributed by atoms with E-state index in [-0.39, 0.29) is 5.91 Å². The van der Waals surface area contributed by atoms with Gasteiger partial charge in [0, 0.05) is 18.0 Å². The van der Waals surface area contributed by atoms with Crippen LogP contribution in [-0.2, 0) is 0 Å². The molecule has 0 saturated carbocycles. The van der Waals surface area contributed by atoms with Crippen molar-refractivity contribution >= 4 is 17.5 Å². The number of nitrogens with one attached hydrogen (secondary N) is 1. The molecule has 1 N–H and O–H groups in total. The van der Waals surface area contributed by atoms with Crippen molar-refractivity contribution in [3.8, 4) is 11.3 Å². The average Bonchev–Trinajstić information content (AvgIpc) is 2.89. The van der Waals surface area contributed by atoms with E-state index >= 15 is 0 Å². The van der Waals surface area contributed by atoms with E-state index in [0.717, 1.165) is 5.56 Å². The zero-order chi connectivity index (χ0) is 13.8. The summed E-state index contributed by atoms with van der Waals surface area (Å²) < 4.78 is 5.57. The second kappa shape index (κ2) is 5.93. The predicted molar refractivity (Wildman–Crippen MR) is 76.7 cm³/mol. The molecule has 2 aromatic rings. The SMILES string of the molecule is Cc1ccc(-c2ccc(C(=O)NCCCl)o2)cc1C. The maximum absolute atomic E-state index is 11.7. The highest BCUT2D eigenvalue weighted by Crippen LogP contribution is 2.24. The first-order valence-corrected chi connectivity index (χ1v) is 6.67. The Balaban J connectivity index is 2.20. The van der Waals surface area contributed by atoms with Gasteiger partial charge in [-0.15, -0.1) is 11.6 Å². The van der Waals surface area contributed by atoms with Gasteiger partial charge in [-0.05, 0) is 43.2 Å². The Hall–Kier alpha value is -1.74. The lowest BCUT2D eigenvalue weighted by Gasteiger charge is -2.03. The van der Waals surface area contributed by atoms with Gasteiger partial charge in [-0.2, -0.15) is 0 Å². The number of alkyl halides is 1. The van der Waals surface area contributed by atoms with Crippen molar-refractivity contribution in [2.45, 2.75) is 13.8 Å². The molecule has 100 valence electrons. The lowest BCUT2D eigenvalue weighted by atomic mass is 10.1. The summed E-state index contributed by atoms with van der Waals surface area (Å²) in [4.78, 5) is 11.7. The molecule has 1 aromatic heterocycles. The molecule has 0 aliphatic rings. The second-order valence-electron chi connectivity index (χ2n) is 4.41. The summed E-state index contributed by atoms with van der Waals surface area (Å²) in [6.07, 6.45) is 0. The largest absolute Gasteiger partial charge is 0.451 e. The van der Waals surface area contributed by atoms with Crippen LogP contribution >= 0.6 is 11.6 Å². The molecular formula is C15H16ClNO2. The van der Waals surface area contributed by atoms with E-state index in [1.165, 1.54) is 11.1 Å². The number of amides is 1. The van der Waals surface area contributed by atoms with Gasteiger partial charge in [0.2, 0.25) is 0 Å². The number of carbonyl (C=O) groups is 1. The first kappa shape index (κ1) is 13.7. The molecule has 0 unspecified atom stereocenters. The van der Waals surface area contributed by atoms with Crippen molar-refractivity contribution in [3.63, 3.8) is 0 Å². The van der Waals surface area contributed by atoms with Gasteiger partial charge in [0.15, 0.2) is 5.76 Å². The number of carbonyl (C=O) groups excluding carboxylic acids is 1. The van der Waals surface area contributed by atoms with Gasteiger partial charge >= 0.3 is 0 Å². The number of aryl methyl sites for hydroxylation is 2. The number of halogens is 1. The Morgan fingerprint density at radius 2 is 2.00 bits per heavy atom. The molecule has 0 radical (unpaired) electrons. The van der Waals surface area contributed by atoms with Crippen LogP contribution in [0.5, 0.6) is 0 Å². The van der Waals surface area contributed by atoms with E-state index in [0.29, 0.717) is 23.9 Å². The van der Waals surface area contributed by atoms with Gasteiger partial charge in [-0.1, -0.05) is 12.1 Å². The number of furan rings is 1. The minimum atomic E-state index is -0.240. The van der Waals surface area contributed by atoms with Crippen LogP contribution in [0, 0.1) is 13.8 Å². The van der Waals surface area contributed by atoms with Crippen molar-refractivity contribution < 1.29 is 9.21 Å².